The highest BCUT2D eigenvalue weighted by Gasteiger charge is 2.34. The largest absolute Gasteiger partial charge is 0.496 e. The van der Waals surface area contributed by atoms with Crippen molar-refractivity contribution < 1.29 is 14.5 Å². The summed E-state index contributed by atoms with van der Waals surface area (Å²) >= 11 is 0. The molecule has 0 saturated heterocycles. The first-order valence-electron chi connectivity index (χ1n) is 9.58. The van der Waals surface area contributed by atoms with Crippen molar-refractivity contribution in [1.82, 2.24) is 0 Å². The second kappa shape index (κ2) is 8.23. The Bertz CT molecular complexity index is 1230. The smallest absolute Gasteiger partial charge is 0.282 e. The molecule has 0 fully saturated rings. The van der Waals surface area contributed by atoms with Crippen LogP contribution in [0.2, 0.25) is 0 Å². The van der Waals surface area contributed by atoms with Gasteiger partial charge in [-0.25, -0.2) is 4.99 Å². The highest BCUT2D eigenvalue weighted by Crippen LogP contribution is 2.32. The minimum absolute atomic E-state index is 0.0920. The fraction of sp³-hybridized carbons (Fsp3) is 0.0833. The number of anilines is 1. The summed E-state index contributed by atoms with van der Waals surface area (Å²) in [5.41, 5.74) is 2.67. The summed E-state index contributed by atoms with van der Waals surface area (Å²) in [6, 6.07) is 21.0. The van der Waals surface area contributed by atoms with Gasteiger partial charge in [0.1, 0.15) is 11.4 Å². The van der Waals surface area contributed by atoms with E-state index in [2.05, 4.69) is 4.99 Å². The van der Waals surface area contributed by atoms with Crippen LogP contribution in [-0.4, -0.2) is 23.8 Å². The minimum Gasteiger partial charge on any atom is -0.496 e. The zero-order valence-electron chi connectivity index (χ0n) is 17.0. The fourth-order valence-corrected chi connectivity index (χ4v) is 3.38. The number of aliphatic imine (C=N–C) groups is 1. The molecule has 7 nitrogen and oxygen atoms in total. The van der Waals surface area contributed by atoms with Gasteiger partial charge in [-0.15, -0.1) is 0 Å². The van der Waals surface area contributed by atoms with Crippen LogP contribution in [0.1, 0.15) is 16.7 Å². The van der Waals surface area contributed by atoms with Crippen molar-refractivity contribution in [3.8, 4) is 5.75 Å². The molecule has 1 aliphatic rings. The molecular formula is C24H19N3O4. The lowest BCUT2D eigenvalue weighted by molar-refractivity contribution is -0.385. The molecule has 0 spiro atoms. The molecule has 4 rings (SSSR count). The van der Waals surface area contributed by atoms with Gasteiger partial charge in [0.2, 0.25) is 0 Å². The third-order valence-corrected chi connectivity index (χ3v) is 4.93. The van der Waals surface area contributed by atoms with E-state index in [1.807, 2.05) is 49.4 Å². The number of carbonyl (C=O) groups is 1. The maximum atomic E-state index is 13.4. The molecule has 1 heterocycles. The van der Waals surface area contributed by atoms with E-state index in [0.717, 1.165) is 5.56 Å². The molecule has 0 radical (unpaired) electrons. The van der Waals surface area contributed by atoms with E-state index in [9.17, 15) is 14.9 Å². The lowest BCUT2D eigenvalue weighted by atomic mass is 10.1. The Balaban J connectivity index is 1.89. The zero-order chi connectivity index (χ0) is 22.0. The average molecular weight is 413 g/mol. The van der Waals surface area contributed by atoms with Crippen LogP contribution < -0.4 is 9.64 Å². The molecule has 0 aromatic heterocycles. The minimum atomic E-state index is -0.478. The Morgan fingerprint density at radius 1 is 1.00 bits per heavy atom. The summed E-state index contributed by atoms with van der Waals surface area (Å²) in [5, 5.41) is 11.4. The number of hydrogen-bond donors (Lipinski definition) is 0. The van der Waals surface area contributed by atoms with Crippen molar-refractivity contribution in [3.63, 3.8) is 0 Å². The number of benzene rings is 3. The van der Waals surface area contributed by atoms with Crippen LogP contribution >= 0.6 is 0 Å². The van der Waals surface area contributed by atoms with Crippen LogP contribution in [0.25, 0.3) is 6.08 Å². The van der Waals surface area contributed by atoms with Crippen molar-refractivity contribution in [2.45, 2.75) is 6.92 Å². The van der Waals surface area contributed by atoms with Crippen LogP contribution in [0.4, 0.5) is 11.4 Å². The predicted molar refractivity (Wildman–Crippen MR) is 119 cm³/mol. The molecule has 3 aromatic carbocycles. The maximum absolute atomic E-state index is 13.4. The zero-order valence-corrected chi connectivity index (χ0v) is 17.0. The van der Waals surface area contributed by atoms with E-state index in [-0.39, 0.29) is 17.3 Å². The lowest BCUT2D eigenvalue weighted by Gasteiger charge is -2.20. The molecule has 154 valence electrons. The number of nitro groups is 1. The van der Waals surface area contributed by atoms with E-state index < -0.39 is 4.92 Å². The molecular weight excluding hydrogens is 394 g/mol. The molecule has 31 heavy (non-hydrogen) atoms. The standard InChI is InChI=1S/C24H19N3O4/c1-16-11-13-18(14-12-16)26-23(19-8-4-6-10-22(19)31-2)25-20(24(26)28)15-17-7-3-5-9-21(17)27(29)30/h3-15H,1-2H3/b20-15+. The van der Waals surface area contributed by atoms with E-state index in [1.54, 1.807) is 31.4 Å². The van der Waals surface area contributed by atoms with Gasteiger partial charge in [-0.2, -0.15) is 0 Å². The third-order valence-electron chi connectivity index (χ3n) is 4.93. The first-order valence-corrected chi connectivity index (χ1v) is 9.58. The molecule has 1 amide bonds. The Labute approximate surface area is 179 Å². The number of methoxy groups -OCH3 is 1. The second-order valence-corrected chi connectivity index (χ2v) is 6.96. The Morgan fingerprint density at radius 3 is 2.39 bits per heavy atom. The number of para-hydroxylation sites is 2. The first-order chi connectivity index (χ1) is 15.0. The van der Waals surface area contributed by atoms with Gasteiger partial charge in [-0.3, -0.25) is 19.8 Å². The summed E-state index contributed by atoms with van der Waals surface area (Å²) in [6.45, 7) is 1.96. The molecule has 0 unspecified atom stereocenters. The molecule has 0 atom stereocenters. The summed E-state index contributed by atoms with van der Waals surface area (Å²) in [7, 11) is 1.55. The average Bonchev–Trinajstić information content (AvgIpc) is 3.10. The molecule has 0 saturated carbocycles. The Kier molecular flexibility index (Phi) is 5.32. The van der Waals surface area contributed by atoms with E-state index in [0.29, 0.717) is 28.4 Å². The number of nitrogens with zero attached hydrogens (tertiary/aromatic N) is 3. The Morgan fingerprint density at radius 2 is 1.68 bits per heavy atom. The van der Waals surface area contributed by atoms with Crippen LogP contribution in [-0.2, 0) is 4.79 Å². The molecule has 0 bridgehead atoms. The normalized spacial score (nSPS) is 14.6. The maximum Gasteiger partial charge on any atom is 0.282 e. The van der Waals surface area contributed by atoms with Crippen LogP contribution in [0.15, 0.2) is 83.5 Å². The van der Waals surface area contributed by atoms with Gasteiger partial charge < -0.3 is 4.74 Å². The third kappa shape index (κ3) is 3.81. The van der Waals surface area contributed by atoms with Gasteiger partial charge in [0, 0.05) is 6.07 Å². The number of rotatable bonds is 5. The first kappa shape index (κ1) is 20.0. The highest BCUT2D eigenvalue weighted by molar-refractivity contribution is 6.33. The Hall–Kier alpha value is -4.26. The number of nitro benzene ring substituents is 1. The summed E-state index contributed by atoms with van der Waals surface area (Å²) in [5.74, 6) is 0.595. The predicted octanol–water partition coefficient (Wildman–Crippen LogP) is 4.75. The van der Waals surface area contributed by atoms with E-state index >= 15 is 0 Å². The van der Waals surface area contributed by atoms with Gasteiger partial charge in [0.15, 0.2) is 5.84 Å². The van der Waals surface area contributed by atoms with Gasteiger partial charge in [0.05, 0.1) is 28.8 Å². The number of hydrogen-bond acceptors (Lipinski definition) is 5. The summed E-state index contributed by atoms with van der Waals surface area (Å²) < 4.78 is 5.47. The lowest BCUT2D eigenvalue weighted by Crippen LogP contribution is -2.32. The monoisotopic (exact) mass is 413 g/mol. The highest BCUT2D eigenvalue weighted by atomic mass is 16.6. The molecule has 3 aromatic rings. The molecule has 7 heteroatoms. The second-order valence-electron chi connectivity index (χ2n) is 6.96. The van der Waals surface area contributed by atoms with Gasteiger partial charge >= 0.3 is 0 Å². The fourth-order valence-electron chi connectivity index (χ4n) is 3.38. The van der Waals surface area contributed by atoms with Gasteiger partial charge in [-0.1, -0.05) is 42.0 Å². The molecule has 1 aliphatic heterocycles. The SMILES string of the molecule is COc1ccccc1C1=N/C(=C/c2ccccc2[N+](=O)[O-])C(=O)N1c1ccc(C)cc1. The topological polar surface area (TPSA) is 85.0 Å². The van der Waals surface area contributed by atoms with Crippen LogP contribution in [0, 0.1) is 17.0 Å². The number of amidine groups is 1. The van der Waals surface area contributed by atoms with Crippen molar-refractivity contribution >= 4 is 29.2 Å². The number of amides is 1. The molecule has 0 N–H and O–H groups in total. The van der Waals surface area contributed by atoms with Crippen LogP contribution in [0.5, 0.6) is 5.75 Å². The van der Waals surface area contributed by atoms with Crippen molar-refractivity contribution in [2.75, 3.05) is 12.0 Å². The number of carbonyl (C=O) groups excluding carboxylic acids is 1. The van der Waals surface area contributed by atoms with Gasteiger partial charge in [0.25, 0.3) is 11.6 Å². The van der Waals surface area contributed by atoms with Crippen molar-refractivity contribution in [3.05, 3.63) is 105 Å². The quantitative estimate of drug-likeness (QED) is 0.343. The molecule has 0 aliphatic carbocycles. The number of ether oxygens (including phenoxy) is 1. The van der Waals surface area contributed by atoms with Crippen molar-refractivity contribution in [1.29, 1.82) is 0 Å². The van der Waals surface area contributed by atoms with E-state index in [4.69, 9.17) is 4.74 Å². The van der Waals surface area contributed by atoms with Crippen molar-refractivity contribution in [2.24, 2.45) is 4.99 Å². The summed E-state index contributed by atoms with van der Waals surface area (Å²) in [4.78, 5) is 30.4. The van der Waals surface area contributed by atoms with E-state index in [1.165, 1.54) is 17.0 Å². The van der Waals surface area contributed by atoms with Crippen LogP contribution in [0.3, 0.4) is 0 Å². The summed E-state index contributed by atoms with van der Waals surface area (Å²) in [6.07, 6.45) is 1.45. The van der Waals surface area contributed by atoms with Gasteiger partial charge in [-0.05, 0) is 43.3 Å². The number of aryl methyl sites for hydroxylation is 1.